The molecule has 0 saturated carbocycles. The van der Waals surface area contributed by atoms with E-state index in [1.165, 1.54) is 0 Å². The quantitative estimate of drug-likeness (QED) is 0.849. The highest BCUT2D eigenvalue weighted by molar-refractivity contribution is 5.68. The van der Waals surface area contributed by atoms with Crippen molar-refractivity contribution >= 4 is 5.69 Å². The van der Waals surface area contributed by atoms with Crippen LogP contribution in [0, 0.1) is 0 Å². The Labute approximate surface area is 114 Å². The molecule has 0 bridgehead atoms. The van der Waals surface area contributed by atoms with Gasteiger partial charge in [-0.25, -0.2) is 0 Å². The summed E-state index contributed by atoms with van der Waals surface area (Å²) in [5.41, 5.74) is 10.1. The van der Waals surface area contributed by atoms with Crippen LogP contribution < -0.4 is 10.5 Å². The molecule has 1 aromatic carbocycles. The van der Waals surface area contributed by atoms with Crippen molar-refractivity contribution < 1.29 is 4.74 Å². The first kappa shape index (κ1) is 13.4. The van der Waals surface area contributed by atoms with Gasteiger partial charge in [-0.3, -0.25) is 4.98 Å². The highest BCUT2D eigenvalue weighted by atomic mass is 16.5. The summed E-state index contributed by atoms with van der Waals surface area (Å²) < 4.78 is 5.67. The van der Waals surface area contributed by atoms with Crippen LogP contribution >= 0.6 is 0 Å². The number of aromatic nitrogens is 1. The van der Waals surface area contributed by atoms with Gasteiger partial charge in [0.25, 0.3) is 0 Å². The number of nitrogens with zero attached hydrogens (tertiary/aromatic N) is 1. The van der Waals surface area contributed by atoms with Crippen LogP contribution in [0.4, 0.5) is 5.69 Å². The fourth-order valence-corrected chi connectivity index (χ4v) is 2.00. The van der Waals surface area contributed by atoms with Crippen molar-refractivity contribution in [2.45, 2.75) is 33.3 Å². The molecule has 1 aromatic heterocycles. The Morgan fingerprint density at radius 1 is 1.16 bits per heavy atom. The Morgan fingerprint density at radius 2 is 1.95 bits per heavy atom. The molecule has 0 aliphatic carbocycles. The third-order valence-electron chi connectivity index (χ3n) is 2.94. The molecule has 0 atom stereocenters. The van der Waals surface area contributed by atoms with Gasteiger partial charge in [0, 0.05) is 17.4 Å². The second-order valence-corrected chi connectivity index (χ2v) is 4.84. The largest absolute Gasteiger partial charge is 0.489 e. The monoisotopic (exact) mass is 256 g/mol. The van der Waals surface area contributed by atoms with E-state index in [4.69, 9.17) is 10.5 Å². The fraction of sp³-hybridized carbons (Fsp3) is 0.312. The molecule has 2 rings (SSSR count). The predicted octanol–water partition coefficient (Wildman–Crippen LogP) is 3.68. The van der Waals surface area contributed by atoms with E-state index < -0.39 is 0 Å². The van der Waals surface area contributed by atoms with Gasteiger partial charge in [-0.05, 0) is 49.6 Å². The van der Waals surface area contributed by atoms with Crippen molar-refractivity contribution in [3.8, 4) is 16.9 Å². The minimum absolute atomic E-state index is 0.148. The Bertz CT molecular complexity index is 564. The van der Waals surface area contributed by atoms with E-state index in [0.717, 1.165) is 34.5 Å². The Kier molecular flexibility index (Phi) is 4.05. The number of nitrogens with two attached hydrogens (primary N) is 1. The lowest BCUT2D eigenvalue weighted by atomic mass is 10.0. The zero-order valence-electron chi connectivity index (χ0n) is 11.7. The summed E-state index contributed by atoms with van der Waals surface area (Å²) in [6.45, 7) is 6.11. The molecule has 3 heteroatoms. The second-order valence-electron chi connectivity index (χ2n) is 4.84. The lowest BCUT2D eigenvalue weighted by molar-refractivity contribution is 0.241. The first-order valence-electron chi connectivity index (χ1n) is 6.60. The first-order valence-corrected chi connectivity index (χ1v) is 6.60. The summed E-state index contributed by atoms with van der Waals surface area (Å²) in [4.78, 5) is 4.24. The number of benzene rings is 1. The van der Waals surface area contributed by atoms with Crippen molar-refractivity contribution in [3.05, 3.63) is 42.2 Å². The molecule has 2 N–H and O–H groups in total. The number of aryl methyl sites for hydroxylation is 1. The van der Waals surface area contributed by atoms with Gasteiger partial charge in [-0.1, -0.05) is 13.0 Å². The number of hydrogen-bond acceptors (Lipinski definition) is 3. The molecule has 19 heavy (non-hydrogen) atoms. The highest BCUT2D eigenvalue weighted by Crippen LogP contribution is 2.26. The predicted molar refractivity (Wildman–Crippen MR) is 79.2 cm³/mol. The van der Waals surface area contributed by atoms with Crippen LogP contribution in [0.1, 0.15) is 26.3 Å². The Morgan fingerprint density at radius 3 is 2.63 bits per heavy atom. The van der Waals surface area contributed by atoms with Gasteiger partial charge in [0.2, 0.25) is 0 Å². The summed E-state index contributed by atoms with van der Waals surface area (Å²) in [6.07, 6.45) is 4.66. The molecule has 0 amide bonds. The van der Waals surface area contributed by atoms with Crippen LogP contribution in [0.2, 0.25) is 0 Å². The van der Waals surface area contributed by atoms with Crippen LogP contribution in [-0.2, 0) is 6.42 Å². The number of hydrogen-bond donors (Lipinski definition) is 1. The summed E-state index contributed by atoms with van der Waals surface area (Å²) in [7, 11) is 0. The molecule has 0 aliphatic heterocycles. The zero-order chi connectivity index (χ0) is 13.8. The normalized spacial score (nSPS) is 10.7. The van der Waals surface area contributed by atoms with E-state index in [1.54, 1.807) is 6.20 Å². The van der Waals surface area contributed by atoms with Crippen molar-refractivity contribution in [2.75, 3.05) is 5.73 Å². The molecule has 3 nitrogen and oxygen atoms in total. The third kappa shape index (κ3) is 3.25. The van der Waals surface area contributed by atoms with Crippen LogP contribution in [0.25, 0.3) is 11.1 Å². The van der Waals surface area contributed by atoms with Gasteiger partial charge in [0.15, 0.2) is 0 Å². The summed E-state index contributed by atoms with van der Waals surface area (Å²) in [5.74, 6) is 0.794. The van der Waals surface area contributed by atoms with Gasteiger partial charge in [0.1, 0.15) is 5.75 Å². The molecular weight excluding hydrogens is 236 g/mol. The maximum Gasteiger partial charge on any atom is 0.138 e. The number of ether oxygens (including phenoxy) is 1. The molecule has 0 unspecified atom stereocenters. The van der Waals surface area contributed by atoms with Crippen molar-refractivity contribution in [2.24, 2.45) is 0 Å². The minimum atomic E-state index is 0.148. The average molecular weight is 256 g/mol. The molecule has 100 valence electrons. The summed E-state index contributed by atoms with van der Waals surface area (Å²) >= 11 is 0. The van der Waals surface area contributed by atoms with E-state index in [0.29, 0.717) is 0 Å². The van der Waals surface area contributed by atoms with Crippen LogP contribution in [-0.4, -0.2) is 11.1 Å². The lowest BCUT2D eigenvalue weighted by Crippen LogP contribution is -2.05. The third-order valence-corrected chi connectivity index (χ3v) is 2.94. The molecule has 0 spiro atoms. The Balaban J connectivity index is 2.36. The van der Waals surface area contributed by atoms with E-state index in [2.05, 4.69) is 18.0 Å². The highest BCUT2D eigenvalue weighted by Gasteiger charge is 2.05. The van der Waals surface area contributed by atoms with E-state index in [1.807, 2.05) is 38.2 Å². The SMILES string of the molecule is CCc1cc(-c2cncc(OC(C)C)c2)ccc1N. The Hall–Kier alpha value is -2.03. The van der Waals surface area contributed by atoms with Gasteiger partial charge in [0.05, 0.1) is 12.3 Å². The number of pyridine rings is 1. The summed E-state index contributed by atoms with van der Waals surface area (Å²) in [5, 5.41) is 0. The van der Waals surface area contributed by atoms with Crippen molar-refractivity contribution in [1.82, 2.24) is 4.98 Å². The first-order chi connectivity index (χ1) is 9.10. The van der Waals surface area contributed by atoms with Crippen LogP contribution in [0.3, 0.4) is 0 Å². The second kappa shape index (κ2) is 5.74. The topological polar surface area (TPSA) is 48.1 Å². The number of nitrogen functional groups attached to an aromatic ring is 1. The minimum Gasteiger partial charge on any atom is -0.489 e. The smallest absolute Gasteiger partial charge is 0.138 e. The molecular formula is C16H20N2O. The number of anilines is 1. The molecule has 0 saturated heterocycles. The van der Waals surface area contributed by atoms with Crippen LogP contribution in [0.5, 0.6) is 5.75 Å². The van der Waals surface area contributed by atoms with E-state index in [-0.39, 0.29) is 6.10 Å². The number of rotatable bonds is 4. The summed E-state index contributed by atoms with van der Waals surface area (Å²) in [6, 6.07) is 8.10. The van der Waals surface area contributed by atoms with Gasteiger partial charge in [-0.2, -0.15) is 0 Å². The maximum absolute atomic E-state index is 5.93. The zero-order valence-corrected chi connectivity index (χ0v) is 11.7. The van der Waals surface area contributed by atoms with Gasteiger partial charge in [-0.15, -0.1) is 0 Å². The van der Waals surface area contributed by atoms with Gasteiger partial charge < -0.3 is 10.5 Å². The van der Waals surface area contributed by atoms with E-state index in [9.17, 15) is 0 Å². The average Bonchev–Trinajstić information content (AvgIpc) is 2.39. The van der Waals surface area contributed by atoms with E-state index >= 15 is 0 Å². The maximum atomic E-state index is 5.93. The van der Waals surface area contributed by atoms with Gasteiger partial charge >= 0.3 is 0 Å². The standard InChI is InChI=1S/C16H20N2O/c1-4-12-7-13(5-6-16(12)17)14-8-15(10-18-9-14)19-11(2)3/h5-11H,4,17H2,1-3H3. The molecule has 2 aromatic rings. The molecule has 0 aliphatic rings. The molecule has 1 heterocycles. The molecule has 0 radical (unpaired) electrons. The molecule has 0 fully saturated rings. The van der Waals surface area contributed by atoms with Crippen molar-refractivity contribution in [1.29, 1.82) is 0 Å². The van der Waals surface area contributed by atoms with Crippen LogP contribution in [0.15, 0.2) is 36.7 Å². The van der Waals surface area contributed by atoms with Crippen molar-refractivity contribution in [3.63, 3.8) is 0 Å². The lowest BCUT2D eigenvalue weighted by Gasteiger charge is -2.11. The fourth-order valence-electron chi connectivity index (χ4n) is 2.00.